The normalized spacial score (nSPS) is 16.9. The van der Waals surface area contributed by atoms with Crippen molar-refractivity contribution < 1.29 is 38.2 Å². The molecular weight excluding hydrogens is 747 g/mol. The van der Waals surface area contributed by atoms with Gasteiger partial charge in [0, 0.05) is 26.2 Å². The van der Waals surface area contributed by atoms with E-state index in [0.29, 0.717) is 48.9 Å². The third-order valence-corrected chi connectivity index (χ3v) is 10.3. The molecule has 5 aromatic rings. The number of ether oxygens (including phenoxy) is 3. The average molecular weight is 798 g/mol. The van der Waals surface area contributed by atoms with Gasteiger partial charge in [-0.2, -0.15) is 0 Å². The molecule has 0 saturated heterocycles. The molecule has 0 heterocycles. The van der Waals surface area contributed by atoms with Crippen molar-refractivity contribution in [2.45, 2.75) is 46.4 Å². The third-order valence-electron chi connectivity index (χ3n) is 10.3. The molecule has 1 fully saturated rings. The summed E-state index contributed by atoms with van der Waals surface area (Å²) in [6.07, 6.45) is 1.24. The van der Waals surface area contributed by atoms with Gasteiger partial charge >= 0.3 is 5.97 Å². The Labute approximate surface area is 345 Å². The van der Waals surface area contributed by atoms with Crippen LogP contribution in [0.15, 0.2) is 140 Å². The molecule has 4 atom stereocenters. The molecule has 6 rings (SSSR count). The molecule has 0 spiro atoms. The molecule has 0 bridgehead atoms. The van der Waals surface area contributed by atoms with Gasteiger partial charge in [-0.15, -0.1) is 0 Å². The summed E-state index contributed by atoms with van der Waals surface area (Å²) in [6, 6.07) is 43.0. The number of benzene rings is 5. The number of hydrogen-bond donors (Lipinski definition) is 1. The molecule has 1 N–H and O–H groups in total. The van der Waals surface area contributed by atoms with Crippen molar-refractivity contribution in [1.29, 1.82) is 0 Å². The largest absolute Gasteiger partial charge is 0.469 e. The van der Waals surface area contributed by atoms with E-state index in [1.54, 1.807) is 9.80 Å². The Kier molecular flexibility index (Phi) is 14.9. The number of carbonyl (C=O) groups is 4. The van der Waals surface area contributed by atoms with Crippen LogP contribution in [0.1, 0.15) is 43.4 Å². The molecule has 1 aliphatic rings. The van der Waals surface area contributed by atoms with Gasteiger partial charge in [0.2, 0.25) is 17.7 Å². The topological polar surface area (TPSA) is 124 Å². The highest BCUT2D eigenvalue weighted by atomic mass is 16.7. The Balaban J connectivity index is 1.26. The Morgan fingerprint density at radius 3 is 1.34 bits per heavy atom. The van der Waals surface area contributed by atoms with E-state index < -0.39 is 47.4 Å². The van der Waals surface area contributed by atoms with Crippen LogP contribution >= 0.6 is 0 Å². The predicted octanol–water partition coefficient (Wildman–Crippen LogP) is 8.35. The number of hydrogen-bond acceptors (Lipinski definition) is 8. The smallest absolute Gasteiger partial charge is 0.310 e. The third kappa shape index (κ3) is 10.9. The number of nitrogens with one attached hydrogen (secondary N) is 1. The van der Waals surface area contributed by atoms with Crippen LogP contribution in [-0.2, 0) is 48.4 Å². The van der Waals surface area contributed by atoms with Crippen LogP contribution in [-0.4, -0.2) is 53.7 Å². The van der Waals surface area contributed by atoms with E-state index in [9.17, 15) is 19.2 Å². The lowest BCUT2D eigenvalue weighted by atomic mass is 9.55. The molecular formula is C48H51N3O8. The minimum Gasteiger partial charge on any atom is -0.469 e. The Hall–Kier alpha value is -6.46. The van der Waals surface area contributed by atoms with Gasteiger partial charge in [0.15, 0.2) is 0 Å². The molecule has 1 saturated carbocycles. The molecule has 0 unspecified atom stereocenters. The summed E-state index contributed by atoms with van der Waals surface area (Å²) >= 11 is 0. The lowest BCUT2D eigenvalue weighted by Crippen LogP contribution is -2.65. The van der Waals surface area contributed by atoms with Gasteiger partial charge in [0.1, 0.15) is 23.0 Å². The van der Waals surface area contributed by atoms with Gasteiger partial charge < -0.3 is 24.0 Å². The van der Waals surface area contributed by atoms with Crippen molar-refractivity contribution in [2.24, 2.45) is 23.7 Å². The second-order valence-electron chi connectivity index (χ2n) is 14.5. The SMILES string of the molecule is CCCN(Cc1ccc(Oc2ccccc2)cc1)C(=O)[C@H]1[C@@H](C(=O)NOCc2ccccc2)[C@H](C(=O)OC)[C@@H]1C(=O)N(CCC)Cc1ccc(Oc2ccccc2)cc1. The lowest BCUT2D eigenvalue weighted by Gasteiger charge is -2.49. The fourth-order valence-electron chi connectivity index (χ4n) is 7.46. The van der Waals surface area contributed by atoms with Crippen molar-refractivity contribution in [3.63, 3.8) is 0 Å². The molecule has 11 heteroatoms. The predicted molar refractivity (Wildman–Crippen MR) is 223 cm³/mol. The number of esters is 1. The first-order valence-electron chi connectivity index (χ1n) is 20.0. The van der Waals surface area contributed by atoms with Crippen molar-refractivity contribution in [2.75, 3.05) is 20.2 Å². The summed E-state index contributed by atoms with van der Waals surface area (Å²) < 4.78 is 17.1. The fraction of sp³-hybridized carbons (Fsp3) is 0.292. The van der Waals surface area contributed by atoms with Crippen molar-refractivity contribution in [3.8, 4) is 23.0 Å². The molecule has 3 amide bonds. The van der Waals surface area contributed by atoms with Gasteiger partial charge in [-0.1, -0.05) is 105 Å². The van der Waals surface area contributed by atoms with E-state index in [-0.39, 0.29) is 19.7 Å². The van der Waals surface area contributed by atoms with Crippen LogP contribution in [0.25, 0.3) is 0 Å². The van der Waals surface area contributed by atoms with Crippen molar-refractivity contribution in [3.05, 3.63) is 156 Å². The van der Waals surface area contributed by atoms with Crippen molar-refractivity contribution >= 4 is 23.7 Å². The molecule has 1 aliphatic carbocycles. The van der Waals surface area contributed by atoms with Crippen molar-refractivity contribution in [1.82, 2.24) is 15.3 Å². The number of hydroxylamine groups is 1. The van der Waals surface area contributed by atoms with E-state index in [2.05, 4.69) is 5.48 Å². The summed E-state index contributed by atoms with van der Waals surface area (Å²) in [6.45, 7) is 5.13. The van der Waals surface area contributed by atoms with Gasteiger partial charge in [-0.05, 0) is 78.1 Å². The number of nitrogens with zero attached hydrogens (tertiary/aromatic N) is 2. The van der Waals surface area contributed by atoms with Crippen LogP contribution in [0.2, 0.25) is 0 Å². The van der Waals surface area contributed by atoms with Gasteiger partial charge in [0.05, 0.1) is 37.4 Å². The summed E-state index contributed by atoms with van der Waals surface area (Å²) in [5.74, 6) is -4.32. The van der Waals surface area contributed by atoms with Crippen LogP contribution < -0.4 is 15.0 Å². The second kappa shape index (κ2) is 20.8. The molecule has 306 valence electrons. The summed E-state index contributed by atoms with van der Waals surface area (Å²) in [5, 5.41) is 0. The maximum atomic E-state index is 14.9. The standard InChI is InChI=1S/C48H51N3O8/c1-4-29-50(31-34-21-25-39(26-22-34)58-37-17-11-7-12-18-37)46(53)42-41(45(52)49-57-33-36-15-9-6-10-16-36)44(48(55)56-3)43(42)47(54)51(30-5-2)32-35-23-27-40(28-24-35)59-38-19-13-8-14-20-38/h6-28,41-44H,4-5,29-33H2,1-3H3,(H,49,52)/t41-,42+,43-,44+/m1/s1. The fourth-order valence-corrected chi connectivity index (χ4v) is 7.46. The molecule has 59 heavy (non-hydrogen) atoms. The maximum absolute atomic E-state index is 14.9. The molecule has 0 aliphatic heterocycles. The highest BCUT2D eigenvalue weighted by molar-refractivity contribution is 6.01. The molecule has 11 nitrogen and oxygen atoms in total. The number of para-hydroxylation sites is 2. The summed E-state index contributed by atoms with van der Waals surface area (Å²) in [5.41, 5.74) is 4.96. The minimum absolute atomic E-state index is 0.0640. The van der Waals surface area contributed by atoms with E-state index in [0.717, 1.165) is 16.7 Å². The molecule has 0 radical (unpaired) electrons. The zero-order valence-corrected chi connectivity index (χ0v) is 33.7. The first kappa shape index (κ1) is 42.2. The van der Waals surface area contributed by atoms with E-state index >= 15 is 0 Å². The van der Waals surface area contributed by atoms with Gasteiger partial charge in [-0.25, -0.2) is 5.48 Å². The summed E-state index contributed by atoms with van der Waals surface area (Å²) in [4.78, 5) is 66.2. The van der Waals surface area contributed by atoms with Crippen LogP contribution in [0.3, 0.4) is 0 Å². The second-order valence-corrected chi connectivity index (χ2v) is 14.5. The maximum Gasteiger partial charge on any atom is 0.310 e. The van der Waals surface area contributed by atoms with Crippen LogP contribution in [0.4, 0.5) is 0 Å². The molecule has 5 aromatic carbocycles. The first-order valence-corrected chi connectivity index (χ1v) is 20.0. The van der Waals surface area contributed by atoms with Crippen LogP contribution in [0, 0.1) is 23.7 Å². The number of rotatable bonds is 19. The van der Waals surface area contributed by atoms with Gasteiger partial charge in [-0.3, -0.25) is 24.0 Å². The monoisotopic (exact) mass is 797 g/mol. The zero-order valence-electron chi connectivity index (χ0n) is 33.7. The first-order chi connectivity index (χ1) is 28.8. The van der Waals surface area contributed by atoms with E-state index in [4.69, 9.17) is 19.0 Å². The Morgan fingerprint density at radius 2 is 0.915 bits per heavy atom. The minimum atomic E-state index is -1.22. The Bertz CT molecular complexity index is 2120. The Morgan fingerprint density at radius 1 is 0.508 bits per heavy atom. The highest BCUT2D eigenvalue weighted by Gasteiger charge is 2.65. The molecule has 0 aromatic heterocycles. The number of methoxy groups -OCH3 is 1. The number of carbonyl (C=O) groups excluding carboxylic acids is 4. The lowest BCUT2D eigenvalue weighted by molar-refractivity contribution is -0.187. The van der Waals surface area contributed by atoms with E-state index in [1.807, 2.05) is 153 Å². The highest BCUT2D eigenvalue weighted by Crippen LogP contribution is 2.49. The average Bonchev–Trinajstić information content (AvgIpc) is 3.25. The van der Waals surface area contributed by atoms with Gasteiger partial charge in [0.25, 0.3) is 0 Å². The van der Waals surface area contributed by atoms with Crippen LogP contribution in [0.5, 0.6) is 23.0 Å². The number of amides is 3. The quantitative estimate of drug-likeness (QED) is 0.0654. The summed E-state index contributed by atoms with van der Waals surface area (Å²) in [7, 11) is 1.22. The van der Waals surface area contributed by atoms with E-state index in [1.165, 1.54) is 7.11 Å². The zero-order chi connectivity index (χ0) is 41.6.